The van der Waals surface area contributed by atoms with E-state index in [2.05, 4.69) is 27.0 Å². The molecule has 2 aliphatic rings. The largest absolute Gasteiger partial charge is 0.473 e. The van der Waals surface area contributed by atoms with E-state index in [0.29, 0.717) is 30.1 Å². The van der Waals surface area contributed by atoms with E-state index in [1.54, 1.807) is 26.2 Å². The monoisotopic (exact) mass is 547 g/mol. The van der Waals surface area contributed by atoms with E-state index in [0.717, 1.165) is 43.2 Å². The number of rotatable bonds is 7. The second-order valence-electron chi connectivity index (χ2n) is 9.14. The van der Waals surface area contributed by atoms with Gasteiger partial charge in [0.2, 0.25) is 15.9 Å². The van der Waals surface area contributed by atoms with Crippen molar-refractivity contribution in [1.82, 2.24) is 19.3 Å². The van der Waals surface area contributed by atoms with Crippen molar-refractivity contribution in [3.8, 4) is 17.1 Å². The third-order valence-electron chi connectivity index (χ3n) is 6.43. The molecule has 0 spiro atoms. The van der Waals surface area contributed by atoms with Crippen molar-refractivity contribution in [3.63, 3.8) is 0 Å². The Bertz CT molecular complexity index is 1300. The van der Waals surface area contributed by atoms with Gasteiger partial charge >= 0.3 is 0 Å². The van der Waals surface area contributed by atoms with Crippen LogP contribution < -0.4 is 9.64 Å². The normalized spacial score (nSPS) is 19.1. The average Bonchev–Trinajstić information content (AvgIpc) is 2.92. The lowest BCUT2D eigenvalue weighted by Gasteiger charge is -2.33. The van der Waals surface area contributed by atoms with E-state index in [-0.39, 0.29) is 26.6 Å². The topological polar surface area (TPSA) is 107 Å². The van der Waals surface area contributed by atoms with Crippen molar-refractivity contribution in [2.75, 3.05) is 57.5 Å². The predicted molar refractivity (Wildman–Crippen MR) is 147 cm³/mol. The first-order chi connectivity index (χ1) is 17.4. The van der Waals surface area contributed by atoms with Gasteiger partial charge in [-0.1, -0.05) is 12.1 Å². The van der Waals surface area contributed by atoms with Crippen LogP contribution >= 0.6 is 13.5 Å². The van der Waals surface area contributed by atoms with Crippen LogP contribution in [0.15, 0.2) is 42.7 Å². The van der Waals surface area contributed by atoms with E-state index >= 15 is 0 Å². The maximum atomic E-state index is 12.6. The molecule has 0 aliphatic carbocycles. The van der Waals surface area contributed by atoms with Gasteiger partial charge in [-0.3, -0.25) is 4.98 Å². The zero-order valence-corrected chi connectivity index (χ0v) is 22.9. The molecule has 3 aromatic rings. The number of anilines is 1. The van der Waals surface area contributed by atoms with Crippen molar-refractivity contribution < 1.29 is 22.6 Å². The van der Waals surface area contributed by atoms with Crippen LogP contribution in [0.4, 0.5) is 5.69 Å². The summed E-state index contributed by atoms with van der Waals surface area (Å²) in [5.74, 6) is 0.347. The van der Waals surface area contributed by atoms with Crippen molar-refractivity contribution in [3.05, 3.63) is 42.7 Å². The van der Waals surface area contributed by atoms with Crippen molar-refractivity contribution in [2.24, 2.45) is 0 Å². The highest BCUT2D eigenvalue weighted by Crippen LogP contribution is 2.29. The lowest BCUT2D eigenvalue weighted by atomic mass is 10.1. The van der Waals surface area contributed by atoms with Crippen LogP contribution in [0.3, 0.4) is 0 Å². The zero-order valence-electron chi connectivity index (χ0n) is 21.0. The third-order valence-corrected chi connectivity index (χ3v) is 8.67. The Morgan fingerprint density at radius 3 is 2.51 bits per heavy atom. The maximum absolute atomic E-state index is 12.6. The average molecular weight is 548 g/mol. The Kier molecular flexibility index (Phi) is 8.86. The third kappa shape index (κ3) is 6.15. The summed E-state index contributed by atoms with van der Waals surface area (Å²) < 4.78 is 44.0. The molecule has 2 aromatic heterocycles. The molecular formula is C25H33N5O5S2. The molecule has 5 rings (SSSR count). The Morgan fingerprint density at radius 2 is 1.78 bits per heavy atom. The lowest BCUT2D eigenvalue weighted by Crippen LogP contribution is -2.49. The summed E-state index contributed by atoms with van der Waals surface area (Å²) in [6, 6.07) is 10.1. The summed E-state index contributed by atoms with van der Waals surface area (Å²) >= 11 is 0. The highest BCUT2D eigenvalue weighted by molar-refractivity contribution is 7.89. The Labute approximate surface area is 224 Å². The van der Waals surface area contributed by atoms with E-state index in [1.807, 2.05) is 18.2 Å². The molecule has 37 heavy (non-hydrogen) atoms. The van der Waals surface area contributed by atoms with Crippen LogP contribution in [-0.4, -0.2) is 91.6 Å². The van der Waals surface area contributed by atoms with E-state index in [4.69, 9.17) is 19.2 Å². The number of sulfonamides is 1. The molecule has 0 saturated carbocycles. The Morgan fingerprint density at radius 1 is 1.05 bits per heavy atom. The van der Waals surface area contributed by atoms with Gasteiger partial charge in [0.05, 0.1) is 36.3 Å². The van der Waals surface area contributed by atoms with Gasteiger partial charge in [-0.25, -0.2) is 18.4 Å². The van der Waals surface area contributed by atoms with Crippen LogP contribution in [0.5, 0.6) is 5.88 Å². The molecule has 0 N–H and O–H groups in total. The zero-order chi connectivity index (χ0) is 25.1. The molecule has 12 heteroatoms. The molecule has 0 bridgehead atoms. The number of nitrogens with zero attached hydrogens (tertiary/aromatic N) is 5. The van der Waals surface area contributed by atoms with Crippen LogP contribution in [0.25, 0.3) is 22.3 Å². The highest BCUT2D eigenvalue weighted by Gasteiger charge is 2.32. The van der Waals surface area contributed by atoms with Gasteiger partial charge in [0.1, 0.15) is 12.7 Å². The molecule has 200 valence electrons. The predicted octanol–water partition coefficient (Wildman–Crippen LogP) is 2.46. The Hall–Kier alpha value is -2.51. The summed E-state index contributed by atoms with van der Waals surface area (Å²) in [5, 5.41) is -0.482. The molecule has 1 aromatic carbocycles. The number of hydrogen-bond donors (Lipinski definition) is 0. The molecule has 0 radical (unpaired) electrons. The van der Waals surface area contributed by atoms with Crippen molar-refractivity contribution >= 4 is 40.2 Å². The second kappa shape index (κ2) is 11.9. The molecule has 0 unspecified atom stereocenters. The molecule has 2 aliphatic heterocycles. The molecule has 2 saturated heterocycles. The first kappa shape index (κ1) is 27.5. The molecular weight excluding hydrogens is 514 g/mol. The number of benzene rings is 1. The van der Waals surface area contributed by atoms with Gasteiger partial charge < -0.3 is 19.1 Å². The molecule has 1 atom stereocenters. The number of fused-ring (bicyclic) bond motifs is 1. The van der Waals surface area contributed by atoms with E-state index in [9.17, 15) is 8.42 Å². The summed E-state index contributed by atoms with van der Waals surface area (Å²) in [7, 11) is -3.36. The maximum Gasteiger partial charge on any atom is 0.242 e. The fourth-order valence-corrected chi connectivity index (χ4v) is 5.65. The molecule has 0 amide bonds. The van der Waals surface area contributed by atoms with Gasteiger partial charge in [0.25, 0.3) is 0 Å². The van der Waals surface area contributed by atoms with Crippen molar-refractivity contribution in [2.45, 2.75) is 25.2 Å². The van der Waals surface area contributed by atoms with Gasteiger partial charge in [-0.15, -0.1) is 0 Å². The van der Waals surface area contributed by atoms with E-state index < -0.39 is 21.4 Å². The highest BCUT2D eigenvalue weighted by atomic mass is 32.2. The van der Waals surface area contributed by atoms with Gasteiger partial charge in [-0.2, -0.15) is 17.8 Å². The number of morpholine rings is 2. The minimum absolute atomic E-state index is 0. The summed E-state index contributed by atoms with van der Waals surface area (Å²) in [6.45, 7) is 7.66. The fourth-order valence-electron chi connectivity index (χ4n) is 4.35. The second-order valence-corrected chi connectivity index (χ2v) is 11.6. The lowest BCUT2D eigenvalue weighted by molar-refractivity contribution is -0.0255. The van der Waals surface area contributed by atoms with Crippen LogP contribution in [0.1, 0.15) is 13.8 Å². The first-order valence-corrected chi connectivity index (χ1v) is 13.7. The minimum Gasteiger partial charge on any atom is -0.473 e. The minimum atomic E-state index is -3.36. The molecule has 4 heterocycles. The van der Waals surface area contributed by atoms with E-state index in [1.165, 1.54) is 4.31 Å². The van der Waals surface area contributed by atoms with Gasteiger partial charge in [-0.05, 0) is 32.0 Å². The standard InChI is InChI=1S/C25H31N5O5S.H2S/c1-18(2)36(31,32)30-11-14-34-21(16-30)17-35-25-24-23(26-7-8-27-24)15-22(28-25)19-3-5-20(6-4-19)29-9-12-33-13-10-29;/h3-8,15,18,21H,9-14,16-17H2,1-2H3;1H2/t21-;/m0./s1. The fraction of sp³-hybridized carbons (Fsp3) is 0.480. The number of aromatic nitrogens is 3. The van der Waals surface area contributed by atoms with Crippen LogP contribution in [-0.2, 0) is 19.5 Å². The smallest absolute Gasteiger partial charge is 0.242 e. The van der Waals surface area contributed by atoms with Crippen LogP contribution in [0, 0.1) is 0 Å². The van der Waals surface area contributed by atoms with Crippen LogP contribution in [0.2, 0.25) is 0 Å². The SMILES string of the molecule is CC(C)S(=O)(=O)N1CCO[C@H](COc2nc(-c3ccc(N4CCOCC4)cc3)cc3nccnc23)C1.S. The van der Waals surface area contributed by atoms with Gasteiger partial charge in [0.15, 0.2) is 5.52 Å². The van der Waals surface area contributed by atoms with Crippen molar-refractivity contribution in [1.29, 1.82) is 0 Å². The summed E-state index contributed by atoms with van der Waals surface area (Å²) in [6.07, 6.45) is 2.83. The summed E-state index contributed by atoms with van der Waals surface area (Å²) in [5.41, 5.74) is 4.03. The molecule has 10 nitrogen and oxygen atoms in total. The Balaban J connectivity index is 0.00000320. The summed E-state index contributed by atoms with van der Waals surface area (Å²) in [4.78, 5) is 15.9. The van der Waals surface area contributed by atoms with Gasteiger partial charge in [0, 0.05) is 49.8 Å². The molecule has 2 fully saturated rings. The number of ether oxygens (including phenoxy) is 3. The number of hydrogen-bond acceptors (Lipinski definition) is 9. The first-order valence-electron chi connectivity index (χ1n) is 12.2. The number of pyridine rings is 1. The quantitative estimate of drug-likeness (QED) is 0.441.